The third-order valence-electron chi connectivity index (χ3n) is 2.50. The predicted octanol–water partition coefficient (Wildman–Crippen LogP) is 0.934. The van der Waals surface area contributed by atoms with Gasteiger partial charge in [0.2, 0.25) is 0 Å². The van der Waals surface area contributed by atoms with Crippen molar-refractivity contribution in [3.63, 3.8) is 0 Å². The van der Waals surface area contributed by atoms with Crippen molar-refractivity contribution in [2.45, 2.75) is 6.92 Å². The largest absolute Gasteiger partial charge is 0.478 e. The number of aryl methyl sites for hydroxylation is 1. The fourth-order valence-electron chi connectivity index (χ4n) is 1.80. The Morgan fingerprint density at radius 2 is 2.28 bits per heavy atom. The van der Waals surface area contributed by atoms with Crippen LogP contribution >= 0.6 is 11.3 Å². The Labute approximate surface area is 103 Å². The first-order chi connectivity index (χ1) is 8.58. The number of hydrogen-bond acceptors (Lipinski definition) is 6. The van der Waals surface area contributed by atoms with Crippen molar-refractivity contribution < 1.29 is 9.90 Å². The summed E-state index contributed by atoms with van der Waals surface area (Å²) in [5.74, 6) is -1.08. The average molecular weight is 262 g/mol. The van der Waals surface area contributed by atoms with Gasteiger partial charge in [-0.2, -0.15) is 0 Å². The van der Waals surface area contributed by atoms with E-state index in [9.17, 15) is 14.7 Å². The van der Waals surface area contributed by atoms with Crippen LogP contribution in [0, 0.1) is 6.92 Å². The molecule has 3 rings (SSSR count). The number of rotatable bonds is 1. The van der Waals surface area contributed by atoms with Crippen LogP contribution in [0.1, 0.15) is 16.1 Å². The lowest BCUT2D eigenvalue weighted by molar-refractivity contribution is 0.0699. The molecule has 0 aliphatic heterocycles. The molecule has 3 heterocycles. The number of nitrogens with zero attached hydrogens (tertiary/aromatic N) is 3. The van der Waals surface area contributed by atoms with Gasteiger partial charge < -0.3 is 5.11 Å². The smallest absolute Gasteiger partial charge is 0.336 e. The van der Waals surface area contributed by atoms with Gasteiger partial charge in [-0.3, -0.25) is 4.79 Å². The van der Waals surface area contributed by atoms with Gasteiger partial charge in [0.1, 0.15) is 15.0 Å². The Kier molecular flexibility index (Phi) is 2.14. The van der Waals surface area contributed by atoms with E-state index in [1.54, 1.807) is 6.92 Å². The topological polar surface area (TPSA) is 109 Å². The lowest BCUT2D eigenvalue weighted by atomic mass is 10.1. The first-order valence-electron chi connectivity index (χ1n) is 4.96. The van der Waals surface area contributed by atoms with Crippen molar-refractivity contribution in [3.05, 3.63) is 27.7 Å². The summed E-state index contributed by atoms with van der Waals surface area (Å²) in [5.41, 5.74) is 0.556. The summed E-state index contributed by atoms with van der Waals surface area (Å²) in [6, 6.07) is 1.46. The number of hydrogen-bond donors (Lipinski definition) is 2. The Morgan fingerprint density at radius 3 is 3.00 bits per heavy atom. The molecule has 90 valence electrons. The maximum atomic E-state index is 11.6. The third-order valence-corrected chi connectivity index (χ3v) is 3.57. The number of aromatic carboxylic acids is 1. The van der Waals surface area contributed by atoms with Crippen LogP contribution in [-0.4, -0.2) is 31.5 Å². The molecule has 3 aromatic rings. The average Bonchev–Trinajstić information content (AvgIpc) is 2.67. The first-order valence-corrected chi connectivity index (χ1v) is 5.78. The fraction of sp³-hybridized carbons (Fsp3) is 0.100. The van der Waals surface area contributed by atoms with Crippen LogP contribution in [0.5, 0.6) is 0 Å². The molecule has 0 saturated carbocycles. The number of nitrogens with one attached hydrogen (secondary N) is 1. The number of aromatic amines is 1. The number of aromatic nitrogens is 4. The number of carboxylic acids is 1. The fourth-order valence-corrected chi connectivity index (χ4v) is 2.86. The van der Waals surface area contributed by atoms with E-state index in [4.69, 9.17) is 0 Å². The molecule has 0 amide bonds. The van der Waals surface area contributed by atoms with Crippen molar-refractivity contribution in [3.8, 4) is 0 Å². The van der Waals surface area contributed by atoms with Gasteiger partial charge in [-0.15, -0.1) is 16.4 Å². The summed E-state index contributed by atoms with van der Waals surface area (Å²) in [5, 5.41) is 19.0. The maximum Gasteiger partial charge on any atom is 0.336 e. The summed E-state index contributed by atoms with van der Waals surface area (Å²) in [7, 11) is 0. The number of fused-ring (bicyclic) bond motifs is 3. The molecular weight excluding hydrogens is 256 g/mol. The molecule has 0 atom stereocenters. The molecule has 2 N–H and O–H groups in total. The molecule has 3 aromatic heterocycles. The van der Waals surface area contributed by atoms with Gasteiger partial charge in [0, 0.05) is 5.69 Å². The molecular formula is C10H6N4O3S. The number of pyridine rings is 1. The third kappa shape index (κ3) is 1.39. The maximum absolute atomic E-state index is 11.6. The summed E-state index contributed by atoms with van der Waals surface area (Å²) in [6.45, 7) is 1.70. The second-order valence-corrected chi connectivity index (χ2v) is 4.72. The quantitative estimate of drug-likeness (QED) is 0.675. The highest BCUT2D eigenvalue weighted by atomic mass is 32.1. The van der Waals surface area contributed by atoms with Crippen LogP contribution < -0.4 is 5.56 Å². The molecule has 0 bridgehead atoms. The molecule has 0 aliphatic rings. The highest BCUT2D eigenvalue weighted by Crippen LogP contribution is 2.31. The van der Waals surface area contributed by atoms with Gasteiger partial charge in [-0.1, -0.05) is 5.21 Å². The zero-order chi connectivity index (χ0) is 12.9. The number of carbonyl (C=O) groups is 1. The molecule has 8 heteroatoms. The number of H-pyrrole nitrogens is 1. The standard InChI is InChI=1S/C10H6N4O3S/c1-3-2-4(10(16)17)5-6-7(18-9(5)11-3)8(15)13-14-12-6/h2H,1H3,(H,16,17)(H,12,13,15). The zero-order valence-electron chi connectivity index (χ0n) is 9.09. The molecule has 0 spiro atoms. The van der Waals surface area contributed by atoms with Gasteiger partial charge in [0.25, 0.3) is 5.56 Å². The van der Waals surface area contributed by atoms with E-state index in [1.807, 2.05) is 0 Å². The van der Waals surface area contributed by atoms with Crippen molar-refractivity contribution in [2.75, 3.05) is 0 Å². The van der Waals surface area contributed by atoms with Gasteiger partial charge in [-0.25, -0.2) is 14.9 Å². The van der Waals surface area contributed by atoms with Crippen molar-refractivity contribution >= 4 is 37.7 Å². The second kappa shape index (κ2) is 3.57. The Morgan fingerprint density at radius 1 is 1.50 bits per heavy atom. The molecule has 0 radical (unpaired) electrons. The molecule has 7 nitrogen and oxygen atoms in total. The van der Waals surface area contributed by atoms with Crippen molar-refractivity contribution in [2.24, 2.45) is 0 Å². The highest BCUT2D eigenvalue weighted by molar-refractivity contribution is 7.25. The van der Waals surface area contributed by atoms with Crippen LogP contribution in [0.2, 0.25) is 0 Å². The SMILES string of the molecule is Cc1cc(C(=O)O)c2c(n1)sc1c(=O)[nH]nnc12. The minimum absolute atomic E-state index is 0.0867. The normalized spacial score (nSPS) is 11.2. The predicted molar refractivity (Wildman–Crippen MR) is 65.0 cm³/mol. The van der Waals surface area contributed by atoms with Crippen LogP contribution in [0.25, 0.3) is 20.4 Å². The summed E-state index contributed by atoms with van der Waals surface area (Å²) in [4.78, 5) is 27.5. The molecule has 0 aliphatic carbocycles. The van der Waals surface area contributed by atoms with Gasteiger partial charge >= 0.3 is 5.97 Å². The second-order valence-electron chi connectivity index (χ2n) is 3.72. The number of thiophene rings is 1. The van der Waals surface area contributed by atoms with Gasteiger partial charge in [-0.05, 0) is 13.0 Å². The monoisotopic (exact) mass is 262 g/mol. The molecule has 0 fully saturated rings. The highest BCUT2D eigenvalue weighted by Gasteiger charge is 2.18. The zero-order valence-corrected chi connectivity index (χ0v) is 9.91. The summed E-state index contributed by atoms with van der Waals surface area (Å²) in [6.07, 6.45) is 0. The van der Waals surface area contributed by atoms with Crippen LogP contribution in [0.3, 0.4) is 0 Å². The lowest BCUT2D eigenvalue weighted by Crippen LogP contribution is -2.07. The van der Waals surface area contributed by atoms with E-state index in [1.165, 1.54) is 6.07 Å². The van der Waals surface area contributed by atoms with Gasteiger partial charge in [0.05, 0.1) is 10.9 Å². The Bertz CT molecular complexity index is 851. The van der Waals surface area contributed by atoms with Crippen molar-refractivity contribution in [1.82, 2.24) is 20.4 Å². The molecule has 0 aromatic carbocycles. The summed E-state index contributed by atoms with van der Waals surface area (Å²) < 4.78 is 0.334. The Hall–Kier alpha value is -2.35. The minimum Gasteiger partial charge on any atom is -0.478 e. The van der Waals surface area contributed by atoms with E-state index < -0.39 is 11.5 Å². The van der Waals surface area contributed by atoms with Gasteiger partial charge in [0.15, 0.2) is 0 Å². The van der Waals surface area contributed by atoms with E-state index in [-0.39, 0.29) is 11.1 Å². The minimum atomic E-state index is -1.08. The van der Waals surface area contributed by atoms with E-state index in [2.05, 4.69) is 20.4 Å². The number of carboxylic acid groups (broad SMARTS) is 1. The van der Waals surface area contributed by atoms with E-state index in [0.29, 0.717) is 20.6 Å². The summed E-state index contributed by atoms with van der Waals surface area (Å²) >= 11 is 1.11. The van der Waals surface area contributed by atoms with Crippen LogP contribution in [0.4, 0.5) is 0 Å². The molecule has 18 heavy (non-hydrogen) atoms. The Balaban J connectivity index is 2.63. The van der Waals surface area contributed by atoms with Crippen molar-refractivity contribution in [1.29, 1.82) is 0 Å². The van der Waals surface area contributed by atoms with Crippen LogP contribution in [0.15, 0.2) is 10.9 Å². The van der Waals surface area contributed by atoms with E-state index in [0.717, 1.165) is 11.3 Å². The molecule has 0 unspecified atom stereocenters. The van der Waals surface area contributed by atoms with E-state index >= 15 is 0 Å². The molecule has 0 saturated heterocycles. The van der Waals surface area contributed by atoms with Crippen LogP contribution in [-0.2, 0) is 0 Å². The lowest BCUT2D eigenvalue weighted by Gasteiger charge is -1.99. The first kappa shape index (κ1) is 10.8.